The van der Waals surface area contributed by atoms with E-state index in [1.807, 2.05) is 12.3 Å². The third-order valence-corrected chi connectivity index (χ3v) is 6.46. The van der Waals surface area contributed by atoms with Gasteiger partial charge in [-0.1, -0.05) is 0 Å². The second-order valence-corrected chi connectivity index (χ2v) is 9.11. The molecule has 1 aromatic carbocycles. The molecule has 26 heavy (non-hydrogen) atoms. The number of sulfone groups is 1. The fraction of sp³-hybridized carbons (Fsp3) is 0.312. The fourth-order valence-electron chi connectivity index (χ4n) is 2.55. The van der Waals surface area contributed by atoms with E-state index >= 15 is 0 Å². The minimum atomic E-state index is -3.04. The van der Waals surface area contributed by atoms with Gasteiger partial charge in [0.15, 0.2) is 15.0 Å². The molecule has 3 amide bonds. The molecular weight excluding hydrogens is 376 g/mol. The van der Waals surface area contributed by atoms with E-state index in [4.69, 9.17) is 0 Å². The Morgan fingerprint density at radius 2 is 1.92 bits per heavy atom. The van der Waals surface area contributed by atoms with E-state index in [0.29, 0.717) is 22.8 Å². The van der Waals surface area contributed by atoms with Crippen molar-refractivity contribution in [2.24, 2.45) is 0 Å². The van der Waals surface area contributed by atoms with Crippen molar-refractivity contribution < 1.29 is 18.0 Å². The van der Waals surface area contributed by atoms with Crippen molar-refractivity contribution in [3.63, 3.8) is 0 Å². The van der Waals surface area contributed by atoms with Gasteiger partial charge in [0.1, 0.15) is 0 Å². The van der Waals surface area contributed by atoms with E-state index in [1.54, 1.807) is 24.3 Å². The number of urea groups is 1. The number of nitrogens with zero attached hydrogens (tertiary/aromatic N) is 1. The number of rotatable bonds is 4. The largest absolute Gasteiger partial charge is 0.334 e. The van der Waals surface area contributed by atoms with Crippen LogP contribution in [0.25, 0.3) is 0 Å². The monoisotopic (exact) mass is 394 g/mol. The molecule has 1 fully saturated rings. The Balaban J connectivity index is 1.54. The van der Waals surface area contributed by atoms with Gasteiger partial charge in [-0.05, 0) is 37.6 Å². The van der Waals surface area contributed by atoms with E-state index in [9.17, 15) is 18.0 Å². The van der Waals surface area contributed by atoms with Crippen molar-refractivity contribution in [1.82, 2.24) is 10.3 Å². The van der Waals surface area contributed by atoms with Crippen LogP contribution in [-0.4, -0.2) is 42.9 Å². The van der Waals surface area contributed by atoms with E-state index in [2.05, 4.69) is 20.9 Å². The maximum atomic E-state index is 12.1. The minimum Gasteiger partial charge on any atom is -0.334 e. The molecule has 0 unspecified atom stereocenters. The molecule has 3 N–H and O–H groups in total. The average Bonchev–Trinajstić information content (AvgIpc) is 3.12. The topological polar surface area (TPSA) is 117 Å². The molecule has 8 nitrogen and oxygen atoms in total. The highest BCUT2D eigenvalue weighted by Gasteiger charge is 2.28. The van der Waals surface area contributed by atoms with Gasteiger partial charge in [0, 0.05) is 22.7 Å². The summed E-state index contributed by atoms with van der Waals surface area (Å²) in [5.74, 6) is -0.220. The number of amides is 3. The maximum Gasteiger partial charge on any atom is 0.319 e. The zero-order valence-corrected chi connectivity index (χ0v) is 15.6. The lowest BCUT2D eigenvalue weighted by Gasteiger charge is -2.12. The van der Waals surface area contributed by atoms with Crippen LogP contribution in [0.2, 0.25) is 0 Å². The van der Waals surface area contributed by atoms with Gasteiger partial charge < -0.3 is 10.6 Å². The van der Waals surface area contributed by atoms with Crippen molar-refractivity contribution >= 4 is 43.9 Å². The molecule has 1 aliphatic rings. The zero-order chi connectivity index (χ0) is 18.7. The molecule has 3 rings (SSSR count). The first-order valence-electron chi connectivity index (χ1n) is 7.92. The highest BCUT2D eigenvalue weighted by molar-refractivity contribution is 7.91. The molecule has 2 aromatic rings. The Hall–Kier alpha value is -2.46. The van der Waals surface area contributed by atoms with Crippen LogP contribution in [-0.2, 0) is 9.84 Å². The first-order chi connectivity index (χ1) is 12.3. The summed E-state index contributed by atoms with van der Waals surface area (Å²) in [7, 11) is -3.04. The summed E-state index contributed by atoms with van der Waals surface area (Å²) in [6, 6.07) is 5.55. The number of carbonyl (C=O) groups is 2. The van der Waals surface area contributed by atoms with Gasteiger partial charge in [-0.2, -0.15) is 0 Å². The van der Waals surface area contributed by atoms with Crippen molar-refractivity contribution in [2.75, 3.05) is 22.1 Å². The highest BCUT2D eigenvalue weighted by Crippen LogP contribution is 2.17. The number of carbonyl (C=O) groups excluding carboxylic acids is 2. The van der Waals surface area contributed by atoms with Crippen molar-refractivity contribution in [2.45, 2.75) is 19.4 Å². The average molecular weight is 394 g/mol. The molecule has 1 aliphatic heterocycles. The second kappa shape index (κ2) is 7.42. The predicted molar refractivity (Wildman–Crippen MR) is 100 cm³/mol. The summed E-state index contributed by atoms with van der Waals surface area (Å²) < 4.78 is 22.8. The van der Waals surface area contributed by atoms with Gasteiger partial charge in [0.05, 0.1) is 17.2 Å². The van der Waals surface area contributed by atoms with E-state index in [-0.39, 0.29) is 23.5 Å². The first kappa shape index (κ1) is 18.3. The van der Waals surface area contributed by atoms with Gasteiger partial charge in [-0.3, -0.25) is 10.1 Å². The summed E-state index contributed by atoms with van der Waals surface area (Å²) in [5, 5.41) is 10.3. The van der Waals surface area contributed by atoms with E-state index in [1.165, 1.54) is 11.3 Å². The van der Waals surface area contributed by atoms with Crippen LogP contribution in [0.15, 0.2) is 29.6 Å². The molecular formula is C16H18N4O4S2. The molecule has 0 saturated carbocycles. The summed E-state index contributed by atoms with van der Waals surface area (Å²) in [5.41, 5.74) is 1.78. The molecule has 1 aromatic heterocycles. The van der Waals surface area contributed by atoms with Gasteiger partial charge in [-0.25, -0.2) is 18.2 Å². The Labute approximate surface area is 154 Å². The van der Waals surface area contributed by atoms with E-state index < -0.39 is 15.9 Å². The first-order valence-corrected chi connectivity index (χ1v) is 10.6. The Bertz CT molecular complexity index is 922. The SMILES string of the molecule is Cc1csc(NC(=O)c2ccc(NC(=O)N[C@H]3CCS(=O)(=O)C3)cc2)n1. The summed E-state index contributed by atoms with van der Waals surface area (Å²) in [6.07, 6.45) is 0.422. The van der Waals surface area contributed by atoms with Crippen LogP contribution in [0.3, 0.4) is 0 Å². The van der Waals surface area contributed by atoms with Gasteiger partial charge in [0.2, 0.25) is 0 Å². The van der Waals surface area contributed by atoms with Crippen molar-refractivity contribution in [3.05, 3.63) is 40.9 Å². The van der Waals surface area contributed by atoms with Gasteiger partial charge in [0.25, 0.3) is 5.91 Å². The summed E-state index contributed by atoms with van der Waals surface area (Å²) in [4.78, 5) is 28.3. The minimum absolute atomic E-state index is 0.0320. The molecule has 1 atom stereocenters. The molecule has 2 heterocycles. The second-order valence-electron chi connectivity index (χ2n) is 6.02. The normalized spacial score (nSPS) is 18.3. The number of benzene rings is 1. The van der Waals surface area contributed by atoms with E-state index in [0.717, 1.165) is 5.69 Å². The molecule has 1 saturated heterocycles. The number of hydrogen-bond donors (Lipinski definition) is 3. The van der Waals surface area contributed by atoms with Crippen LogP contribution in [0.1, 0.15) is 22.5 Å². The number of hydrogen-bond acceptors (Lipinski definition) is 6. The predicted octanol–water partition coefficient (Wildman–Crippen LogP) is 2.01. The van der Waals surface area contributed by atoms with Gasteiger partial charge in [-0.15, -0.1) is 11.3 Å². The zero-order valence-electron chi connectivity index (χ0n) is 14.0. The maximum absolute atomic E-state index is 12.1. The van der Waals surface area contributed by atoms with Crippen molar-refractivity contribution in [1.29, 1.82) is 0 Å². The Kier molecular flexibility index (Phi) is 5.23. The Morgan fingerprint density at radius 1 is 1.19 bits per heavy atom. The van der Waals surface area contributed by atoms with Gasteiger partial charge >= 0.3 is 6.03 Å². The lowest BCUT2D eigenvalue weighted by atomic mass is 10.2. The van der Waals surface area contributed by atoms with Crippen LogP contribution in [0.4, 0.5) is 15.6 Å². The molecule has 10 heteroatoms. The molecule has 0 radical (unpaired) electrons. The van der Waals surface area contributed by atoms with Crippen molar-refractivity contribution in [3.8, 4) is 0 Å². The van der Waals surface area contributed by atoms with Crippen LogP contribution < -0.4 is 16.0 Å². The quantitative estimate of drug-likeness (QED) is 0.733. The fourth-order valence-corrected chi connectivity index (χ4v) is 4.90. The third-order valence-electron chi connectivity index (χ3n) is 3.81. The lowest BCUT2D eigenvalue weighted by molar-refractivity contribution is 0.102. The lowest BCUT2D eigenvalue weighted by Crippen LogP contribution is -2.38. The number of thiazole rings is 1. The number of anilines is 2. The summed E-state index contributed by atoms with van der Waals surface area (Å²) >= 11 is 1.35. The molecule has 0 aliphatic carbocycles. The number of aromatic nitrogens is 1. The molecule has 0 bridgehead atoms. The third kappa shape index (κ3) is 4.79. The molecule has 138 valence electrons. The number of nitrogens with one attached hydrogen (secondary N) is 3. The van der Waals surface area contributed by atoms with Crippen LogP contribution in [0, 0.1) is 6.92 Å². The van der Waals surface area contributed by atoms with Crippen LogP contribution >= 0.6 is 11.3 Å². The smallest absolute Gasteiger partial charge is 0.319 e. The Morgan fingerprint density at radius 3 is 2.50 bits per heavy atom. The standard InChI is InChI=1S/C16H18N4O4S2/c1-10-8-25-16(17-10)20-14(21)11-2-4-12(5-3-11)18-15(22)19-13-6-7-26(23,24)9-13/h2-5,8,13H,6-7,9H2,1H3,(H,17,20,21)(H2,18,19,22)/t13-/m0/s1. The number of aryl methyl sites for hydroxylation is 1. The summed E-state index contributed by atoms with van der Waals surface area (Å²) in [6.45, 7) is 1.85. The highest BCUT2D eigenvalue weighted by atomic mass is 32.2. The molecule has 0 spiro atoms. The van der Waals surface area contributed by atoms with Crippen LogP contribution in [0.5, 0.6) is 0 Å².